The number of hydrogen-bond acceptors (Lipinski definition) is 6. The van der Waals surface area contributed by atoms with E-state index in [-0.39, 0.29) is 12.0 Å². The molecule has 1 atom stereocenters. The number of anilines is 2. The smallest absolute Gasteiger partial charge is 0.417 e. The molecule has 0 amide bonds. The van der Waals surface area contributed by atoms with Crippen LogP contribution in [0.4, 0.5) is 24.9 Å². The molecule has 2 aromatic rings. The summed E-state index contributed by atoms with van der Waals surface area (Å²) >= 11 is 0. The van der Waals surface area contributed by atoms with E-state index in [4.69, 9.17) is 4.74 Å². The molecule has 0 radical (unpaired) electrons. The molecular weight excluding hydrogens is 335 g/mol. The Hall–Kier alpha value is -2.58. The average Bonchev–Trinajstić information content (AvgIpc) is 3.03. The second kappa shape index (κ2) is 6.73. The first-order valence-corrected chi connectivity index (χ1v) is 7.78. The first-order chi connectivity index (χ1) is 11.8. The molecule has 3 rings (SSSR count). The van der Waals surface area contributed by atoms with Crippen LogP contribution in [0.2, 0.25) is 0 Å². The normalized spacial score (nSPS) is 17.6. The number of ether oxygens (including phenoxy) is 1. The summed E-state index contributed by atoms with van der Waals surface area (Å²) in [5.41, 5.74) is -0.790. The van der Waals surface area contributed by atoms with Crippen molar-refractivity contribution >= 4 is 11.8 Å². The van der Waals surface area contributed by atoms with Gasteiger partial charge in [-0.05, 0) is 12.1 Å². The minimum Gasteiger partial charge on any atom is -0.472 e. The molecule has 0 N–H and O–H groups in total. The van der Waals surface area contributed by atoms with Crippen LogP contribution in [0.3, 0.4) is 0 Å². The van der Waals surface area contributed by atoms with Gasteiger partial charge in [-0.15, -0.1) is 0 Å². The Morgan fingerprint density at radius 3 is 2.64 bits per heavy atom. The number of hydrogen-bond donors (Lipinski definition) is 0. The molecule has 1 aliphatic heterocycles. The first-order valence-electron chi connectivity index (χ1n) is 7.78. The van der Waals surface area contributed by atoms with Gasteiger partial charge in [-0.25, -0.2) is 9.97 Å². The summed E-state index contributed by atoms with van der Waals surface area (Å²) in [6.07, 6.45) is -1.37. The zero-order valence-corrected chi connectivity index (χ0v) is 13.9. The fourth-order valence-electron chi connectivity index (χ4n) is 2.54. The van der Waals surface area contributed by atoms with Gasteiger partial charge in [0.1, 0.15) is 11.9 Å². The maximum atomic E-state index is 12.5. The van der Waals surface area contributed by atoms with Gasteiger partial charge < -0.3 is 14.5 Å². The quantitative estimate of drug-likeness (QED) is 0.842. The highest BCUT2D eigenvalue weighted by molar-refractivity contribution is 5.43. The molecule has 0 saturated carbocycles. The van der Waals surface area contributed by atoms with Crippen LogP contribution in [-0.4, -0.2) is 48.2 Å². The highest BCUT2D eigenvalue weighted by Crippen LogP contribution is 2.29. The Labute approximate surface area is 143 Å². The lowest BCUT2D eigenvalue weighted by atomic mass is 10.3. The minimum absolute atomic E-state index is 0.171. The van der Waals surface area contributed by atoms with Crippen LogP contribution in [0.15, 0.2) is 30.6 Å². The summed E-state index contributed by atoms with van der Waals surface area (Å²) in [4.78, 5) is 16.4. The second-order valence-electron chi connectivity index (χ2n) is 5.97. The minimum atomic E-state index is -4.40. The number of pyridine rings is 1. The van der Waals surface area contributed by atoms with E-state index in [0.29, 0.717) is 19.0 Å². The third-order valence-electron chi connectivity index (χ3n) is 3.87. The Kier molecular flexibility index (Phi) is 4.65. The molecule has 2 aromatic heterocycles. The summed E-state index contributed by atoms with van der Waals surface area (Å²) in [6, 6.07) is 4.03. The molecule has 0 aromatic carbocycles. The number of alkyl halides is 3. The van der Waals surface area contributed by atoms with Crippen molar-refractivity contribution in [3.63, 3.8) is 0 Å². The van der Waals surface area contributed by atoms with Crippen molar-refractivity contribution in [2.45, 2.75) is 18.7 Å². The van der Waals surface area contributed by atoms with Crippen LogP contribution >= 0.6 is 0 Å². The molecule has 1 aliphatic rings. The zero-order valence-electron chi connectivity index (χ0n) is 13.9. The third kappa shape index (κ3) is 4.09. The molecule has 0 aliphatic carbocycles. The Bertz CT molecular complexity index is 720. The van der Waals surface area contributed by atoms with E-state index in [0.717, 1.165) is 24.5 Å². The lowest BCUT2D eigenvalue weighted by molar-refractivity contribution is -0.137. The van der Waals surface area contributed by atoms with Crippen molar-refractivity contribution in [3.05, 3.63) is 36.2 Å². The van der Waals surface area contributed by atoms with E-state index in [1.165, 1.54) is 6.07 Å². The Morgan fingerprint density at radius 2 is 2.00 bits per heavy atom. The number of rotatable bonds is 4. The standard InChI is InChI=1S/C16H18F3N5O/c1-23(2)13-5-7-20-15(22-13)24-8-6-12(10-24)25-14-4-3-11(9-21-14)16(17,18)19/h3-5,7,9,12H,6,8,10H2,1-2H3. The van der Waals surface area contributed by atoms with Gasteiger partial charge in [-0.2, -0.15) is 18.2 Å². The van der Waals surface area contributed by atoms with Gasteiger partial charge in [-0.3, -0.25) is 0 Å². The molecule has 3 heterocycles. The molecule has 0 spiro atoms. The lowest BCUT2D eigenvalue weighted by Gasteiger charge is -2.19. The molecule has 6 nitrogen and oxygen atoms in total. The van der Waals surface area contributed by atoms with E-state index in [1.54, 1.807) is 6.20 Å². The molecular formula is C16H18F3N5O. The van der Waals surface area contributed by atoms with E-state index in [2.05, 4.69) is 15.0 Å². The van der Waals surface area contributed by atoms with Crippen molar-refractivity contribution in [1.29, 1.82) is 0 Å². The van der Waals surface area contributed by atoms with E-state index < -0.39 is 11.7 Å². The summed E-state index contributed by atoms with van der Waals surface area (Å²) in [6.45, 7) is 1.27. The largest absolute Gasteiger partial charge is 0.472 e. The van der Waals surface area contributed by atoms with Crippen LogP contribution in [0.1, 0.15) is 12.0 Å². The van der Waals surface area contributed by atoms with E-state index >= 15 is 0 Å². The van der Waals surface area contributed by atoms with Gasteiger partial charge in [-0.1, -0.05) is 0 Å². The maximum Gasteiger partial charge on any atom is 0.417 e. The number of halogens is 3. The van der Waals surface area contributed by atoms with Crippen molar-refractivity contribution < 1.29 is 17.9 Å². The molecule has 134 valence electrons. The van der Waals surface area contributed by atoms with Crippen LogP contribution in [0.5, 0.6) is 5.88 Å². The van der Waals surface area contributed by atoms with Crippen LogP contribution < -0.4 is 14.5 Å². The third-order valence-corrected chi connectivity index (χ3v) is 3.87. The topological polar surface area (TPSA) is 54.4 Å². The van der Waals surface area contributed by atoms with E-state index in [9.17, 15) is 13.2 Å². The molecule has 25 heavy (non-hydrogen) atoms. The van der Waals surface area contributed by atoms with Gasteiger partial charge in [0, 0.05) is 45.5 Å². The zero-order chi connectivity index (χ0) is 18.0. The van der Waals surface area contributed by atoms with Crippen molar-refractivity contribution in [2.24, 2.45) is 0 Å². The average molecular weight is 353 g/mol. The molecule has 1 fully saturated rings. The lowest BCUT2D eigenvalue weighted by Crippen LogP contribution is -2.26. The van der Waals surface area contributed by atoms with E-state index in [1.807, 2.05) is 30.0 Å². The SMILES string of the molecule is CN(C)c1ccnc(N2CCC(Oc3ccc(C(F)(F)F)cn3)C2)n1. The highest BCUT2D eigenvalue weighted by Gasteiger charge is 2.31. The van der Waals surface area contributed by atoms with Gasteiger partial charge >= 0.3 is 6.18 Å². The maximum absolute atomic E-state index is 12.5. The second-order valence-corrected chi connectivity index (χ2v) is 5.97. The monoisotopic (exact) mass is 353 g/mol. The van der Waals surface area contributed by atoms with Gasteiger partial charge in [0.2, 0.25) is 11.8 Å². The highest BCUT2D eigenvalue weighted by atomic mass is 19.4. The van der Waals surface area contributed by atoms with Gasteiger partial charge in [0.05, 0.1) is 12.1 Å². The van der Waals surface area contributed by atoms with Gasteiger partial charge in [0.15, 0.2) is 0 Å². The summed E-state index contributed by atoms with van der Waals surface area (Å²) in [5, 5.41) is 0. The predicted octanol–water partition coefficient (Wildman–Crippen LogP) is 2.61. The summed E-state index contributed by atoms with van der Waals surface area (Å²) in [7, 11) is 3.80. The molecule has 0 bridgehead atoms. The number of nitrogens with zero attached hydrogens (tertiary/aromatic N) is 5. The van der Waals surface area contributed by atoms with Crippen LogP contribution in [0, 0.1) is 0 Å². The van der Waals surface area contributed by atoms with Crippen LogP contribution in [0.25, 0.3) is 0 Å². The molecule has 1 saturated heterocycles. The summed E-state index contributed by atoms with van der Waals surface area (Å²) < 4.78 is 43.3. The Morgan fingerprint density at radius 1 is 1.20 bits per heavy atom. The predicted molar refractivity (Wildman–Crippen MR) is 86.8 cm³/mol. The van der Waals surface area contributed by atoms with Crippen molar-refractivity contribution in [1.82, 2.24) is 15.0 Å². The molecule has 1 unspecified atom stereocenters. The first kappa shape index (κ1) is 17.2. The summed E-state index contributed by atoms with van der Waals surface area (Å²) in [5.74, 6) is 1.60. The fraction of sp³-hybridized carbons (Fsp3) is 0.438. The number of aromatic nitrogens is 3. The van der Waals surface area contributed by atoms with Gasteiger partial charge in [0.25, 0.3) is 0 Å². The Balaban J connectivity index is 1.62. The van der Waals surface area contributed by atoms with Crippen LogP contribution in [-0.2, 0) is 6.18 Å². The van der Waals surface area contributed by atoms with Crippen molar-refractivity contribution in [2.75, 3.05) is 37.0 Å². The fourth-order valence-corrected chi connectivity index (χ4v) is 2.54. The molecule has 9 heteroatoms. The van der Waals surface area contributed by atoms with Crippen molar-refractivity contribution in [3.8, 4) is 5.88 Å².